The predicted molar refractivity (Wildman–Crippen MR) is 60.0 cm³/mol. The van der Waals surface area contributed by atoms with E-state index < -0.39 is 5.97 Å². The molecule has 0 aromatic rings. The molecule has 0 aliphatic carbocycles. The van der Waals surface area contributed by atoms with Gasteiger partial charge in [-0.25, -0.2) is 0 Å². The molecule has 0 radical (unpaired) electrons. The highest BCUT2D eigenvalue weighted by Crippen LogP contribution is 2.16. The second-order valence-electron chi connectivity index (χ2n) is 3.79. The average Bonchev–Trinajstić information content (AvgIpc) is 2.18. The normalized spacial score (nSPS) is 17.1. The summed E-state index contributed by atoms with van der Waals surface area (Å²) in [7, 11) is 1.85. The Hall–Kier alpha value is -0.610. The number of aliphatic carboxylic acids is 1. The molecule has 15 heavy (non-hydrogen) atoms. The molecule has 3 atom stereocenters. The Morgan fingerprint density at radius 2 is 2.07 bits per heavy atom. The molecule has 0 rings (SSSR count). The smallest absolute Gasteiger partial charge is 0.306 e. The van der Waals surface area contributed by atoms with E-state index in [-0.39, 0.29) is 18.6 Å². The summed E-state index contributed by atoms with van der Waals surface area (Å²) in [6.07, 6.45) is 0.825. The molecule has 0 fully saturated rings. The molecule has 4 nitrogen and oxygen atoms in total. The summed E-state index contributed by atoms with van der Waals surface area (Å²) in [4.78, 5) is 10.7. The van der Waals surface area contributed by atoms with Crippen LogP contribution in [0.2, 0.25) is 0 Å². The van der Waals surface area contributed by atoms with Crippen molar-refractivity contribution in [2.45, 2.75) is 45.8 Å². The lowest BCUT2D eigenvalue weighted by Crippen LogP contribution is -2.45. The van der Waals surface area contributed by atoms with Crippen LogP contribution in [0.1, 0.15) is 33.6 Å². The number of nitrogens with one attached hydrogen (secondary N) is 1. The molecule has 90 valence electrons. The first-order valence-corrected chi connectivity index (χ1v) is 5.57. The Bertz CT molecular complexity index is 185. The molecule has 0 saturated carbocycles. The summed E-state index contributed by atoms with van der Waals surface area (Å²) >= 11 is 0. The minimum absolute atomic E-state index is 0.0592. The summed E-state index contributed by atoms with van der Waals surface area (Å²) in [5.41, 5.74) is 0. The number of carboxylic acid groups (broad SMARTS) is 1. The number of hydrogen-bond donors (Lipinski definition) is 2. The topological polar surface area (TPSA) is 58.6 Å². The molecule has 0 unspecified atom stereocenters. The quantitative estimate of drug-likeness (QED) is 0.647. The molecular weight excluding hydrogens is 194 g/mol. The van der Waals surface area contributed by atoms with Gasteiger partial charge in [0, 0.05) is 12.6 Å². The molecule has 2 N–H and O–H groups in total. The van der Waals surface area contributed by atoms with E-state index in [0.29, 0.717) is 12.5 Å². The van der Waals surface area contributed by atoms with Gasteiger partial charge in [0.05, 0.1) is 12.5 Å². The Morgan fingerprint density at radius 3 is 2.40 bits per heavy atom. The SMILES string of the molecule is CCO[C@H](CC(=O)O)[C@@H](NC)[C@@H](C)CC. The third-order valence-electron chi connectivity index (χ3n) is 2.75. The molecule has 0 saturated heterocycles. The van der Waals surface area contributed by atoms with E-state index in [9.17, 15) is 4.79 Å². The zero-order chi connectivity index (χ0) is 11.8. The highest BCUT2D eigenvalue weighted by Gasteiger charge is 2.26. The van der Waals surface area contributed by atoms with E-state index in [4.69, 9.17) is 9.84 Å². The second kappa shape index (κ2) is 7.65. The van der Waals surface area contributed by atoms with Crippen molar-refractivity contribution in [3.63, 3.8) is 0 Å². The van der Waals surface area contributed by atoms with E-state index in [1.165, 1.54) is 0 Å². The standard InChI is InChI=1S/C11H23NO3/c1-5-8(3)11(12-4)9(15-6-2)7-10(13)14/h8-9,11-12H,5-7H2,1-4H3,(H,13,14)/t8-,9+,11-/m0/s1. The first-order chi connectivity index (χ1) is 7.06. The Kier molecular flexibility index (Phi) is 7.34. The van der Waals surface area contributed by atoms with Crippen LogP contribution in [0.15, 0.2) is 0 Å². The van der Waals surface area contributed by atoms with Crippen molar-refractivity contribution < 1.29 is 14.6 Å². The van der Waals surface area contributed by atoms with Gasteiger partial charge in [0.2, 0.25) is 0 Å². The number of hydrogen-bond acceptors (Lipinski definition) is 3. The molecule has 0 spiro atoms. The number of likely N-dealkylation sites (N-methyl/N-ethyl adjacent to an activating group) is 1. The summed E-state index contributed by atoms with van der Waals surface area (Å²) in [6.45, 7) is 6.64. The monoisotopic (exact) mass is 217 g/mol. The average molecular weight is 217 g/mol. The Labute approximate surface area is 92.0 Å². The van der Waals surface area contributed by atoms with Gasteiger partial charge in [0.25, 0.3) is 0 Å². The minimum atomic E-state index is -0.808. The minimum Gasteiger partial charge on any atom is -0.481 e. The molecule has 0 heterocycles. The van der Waals surface area contributed by atoms with E-state index in [1.54, 1.807) is 0 Å². The van der Waals surface area contributed by atoms with Gasteiger partial charge in [0.1, 0.15) is 0 Å². The molecule has 0 aliphatic heterocycles. The second-order valence-corrected chi connectivity index (χ2v) is 3.79. The van der Waals surface area contributed by atoms with Crippen LogP contribution in [-0.2, 0) is 9.53 Å². The molecular formula is C11H23NO3. The fraction of sp³-hybridized carbons (Fsp3) is 0.909. The van der Waals surface area contributed by atoms with E-state index in [1.807, 2.05) is 14.0 Å². The van der Waals surface area contributed by atoms with Crippen LogP contribution in [0.3, 0.4) is 0 Å². The van der Waals surface area contributed by atoms with E-state index in [0.717, 1.165) is 6.42 Å². The van der Waals surface area contributed by atoms with Gasteiger partial charge in [0.15, 0.2) is 0 Å². The Morgan fingerprint density at radius 1 is 1.47 bits per heavy atom. The van der Waals surface area contributed by atoms with Crippen LogP contribution < -0.4 is 5.32 Å². The van der Waals surface area contributed by atoms with Gasteiger partial charge in [-0.1, -0.05) is 20.3 Å². The van der Waals surface area contributed by atoms with Crippen molar-refractivity contribution in [1.29, 1.82) is 0 Å². The lowest BCUT2D eigenvalue weighted by atomic mass is 9.92. The zero-order valence-electron chi connectivity index (χ0n) is 10.1. The molecule has 0 aromatic carbocycles. The van der Waals surface area contributed by atoms with Crippen molar-refractivity contribution in [2.24, 2.45) is 5.92 Å². The molecule has 4 heteroatoms. The molecule has 0 aromatic heterocycles. The van der Waals surface area contributed by atoms with Crippen molar-refractivity contribution in [1.82, 2.24) is 5.32 Å². The van der Waals surface area contributed by atoms with E-state index in [2.05, 4.69) is 19.2 Å². The van der Waals surface area contributed by atoms with Crippen LogP contribution >= 0.6 is 0 Å². The third kappa shape index (κ3) is 5.14. The Balaban J connectivity index is 4.45. The zero-order valence-corrected chi connectivity index (χ0v) is 10.1. The van der Waals surface area contributed by atoms with Crippen molar-refractivity contribution >= 4 is 5.97 Å². The van der Waals surface area contributed by atoms with Gasteiger partial charge in [-0.3, -0.25) is 4.79 Å². The summed E-state index contributed by atoms with van der Waals surface area (Å²) in [6, 6.07) is 0.103. The molecule has 0 bridgehead atoms. The third-order valence-corrected chi connectivity index (χ3v) is 2.75. The number of carbonyl (C=O) groups is 1. The summed E-state index contributed by atoms with van der Waals surface area (Å²) in [5.74, 6) is -0.400. The predicted octanol–water partition coefficient (Wildman–Crippen LogP) is 1.50. The van der Waals surface area contributed by atoms with Gasteiger partial charge < -0.3 is 15.2 Å². The summed E-state index contributed by atoms with van der Waals surface area (Å²) in [5, 5.41) is 12.0. The highest BCUT2D eigenvalue weighted by atomic mass is 16.5. The van der Waals surface area contributed by atoms with Crippen molar-refractivity contribution in [2.75, 3.05) is 13.7 Å². The summed E-state index contributed by atoms with van der Waals surface area (Å²) < 4.78 is 5.49. The first-order valence-electron chi connectivity index (χ1n) is 5.57. The van der Waals surface area contributed by atoms with E-state index >= 15 is 0 Å². The maximum absolute atomic E-state index is 10.7. The van der Waals surface area contributed by atoms with Crippen molar-refractivity contribution in [3.05, 3.63) is 0 Å². The van der Waals surface area contributed by atoms with Crippen LogP contribution in [0.5, 0.6) is 0 Å². The largest absolute Gasteiger partial charge is 0.481 e. The lowest BCUT2D eigenvalue weighted by Gasteiger charge is -2.30. The highest BCUT2D eigenvalue weighted by molar-refractivity contribution is 5.67. The van der Waals surface area contributed by atoms with Crippen molar-refractivity contribution in [3.8, 4) is 0 Å². The van der Waals surface area contributed by atoms with Crippen LogP contribution in [0, 0.1) is 5.92 Å². The fourth-order valence-corrected chi connectivity index (χ4v) is 1.77. The van der Waals surface area contributed by atoms with Crippen LogP contribution in [0.4, 0.5) is 0 Å². The first kappa shape index (κ1) is 14.4. The number of rotatable bonds is 8. The van der Waals surface area contributed by atoms with Crippen LogP contribution in [-0.4, -0.2) is 36.9 Å². The maximum Gasteiger partial charge on any atom is 0.306 e. The van der Waals surface area contributed by atoms with Gasteiger partial charge in [-0.15, -0.1) is 0 Å². The van der Waals surface area contributed by atoms with Gasteiger partial charge in [-0.2, -0.15) is 0 Å². The van der Waals surface area contributed by atoms with Crippen LogP contribution in [0.25, 0.3) is 0 Å². The van der Waals surface area contributed by atoms with Gasteiger partial charge in [-0.05, 0) is 19.9 Å². The number of ether oxygens (including phenoxy) is 1. The maximum atomic E-state index is 10.7. The molecule has 0 aliphatic rings. The fourth-order valence-electron chi connectivity index (χ4n) is 1.77. The lowest BCUT2D eigenvalue weighted by molar-refractivity contribution is -0.141. The van der Waals surface area contributed by atoms with Gasteiger partial charge >= 0.3 is 5.97 Å². The number of carboxylic acids is 1. The molecule has 0 amide bonds.